The summed E-state index contributed by atoms with van der Waals surface area (Å²) < 4.78 is 11.3. The van der Waals surface area contributed by atoms with Crippen molar-refractivity contribution >= 4 is 27.8 Å². The van der Waals surface area contributed by atoms with E-state index in [0.29, 0.717) is 6.42 Å². The number of anilines is 1. The van der Waals surface area contributed by atoms with Crippen molar-refractivity contribution in [3.63, 3.8) is 0 Å². The predicted octanol–water partition coefficient (Wildman–Crippen LogP) is 8.09. The number of carbonyl (C=O) groups excluding carboxylic acids is 1. The number of unbranched alkanes of at least 4 members (excludes halogenated alkanes) is 1. The van der Waals surface area contributed by atoms with Crippen LogP contribution < -0.4 is 14.8 Å². The Labute approximate surface area is 224 Å². The molecule has 0 saturated heterocycles. The second-order valence-corrected chi connectivity index (χ2v) is 10.3. The predicted molar refractivity (Wildman–Crippen MR) is 154 cm³/mol. The van der Waals surface area contributed by atoms with E-state index in [0.717, 1.165) is 54.2 Å². The number of Topliss-reactive ketones (excluding diaryl/α,β-unsaturated/α-hetero) is 1. The highest BCUT2D eigenvalue weighted by Crippen LogP contribution is 2.51. The number of ether oxygens (including phenoxy) is 2. The third kappa shape index (κ3) is 4.45. The molecule has 0 aromatic heterocycles. The van der Waals surface area contributed by atoms with Gasteiger partial charge in [0, 0.05) is 23.2 Å². The Hall–Kier alpha value is -4.05. The first-order valence-electron chi connectivity index (χ1n) is 13.6. The smallest absolute Gasteiger partial charge is 0.162 e. The topological polar surface area (TPSA) is 47.6 Å². The number of methoxy groups -OCH3 is 1. The fourth-order valence-corrected chi connectivity index (χ4v) is 5.90. The number of allylic oxidation sites excluding steroid dienone is 1. The first-order valence-corrected chi connectivity index (χ1v) is 13.6. The average molecular weight is 504 g/mol. The lowest BCUT2D eigenvalue weighted by atomic mass is 9.71. The molecule has 4 nitrogen and oxygen atoms in total. The highest BCUT2D eigenvalue weighted by atomic mass is 16.5. The summed E-state index contributed by atoms with van der Waals surface area (Å²) in [5, 5.41) is 6.10. The Bertz CT molecular complexity index is 1500. The summed E-state index contributed by atoms with van der Waals surface area (Å²) in [7, 11) is 1.67. The van der Waals surface area contributed by atoms with Crippen molar-refractivity contribution in [2.75, 3.05) is 19.0 Å². The quantitative estimate of drug-likeness (QED) is 0.259. The molecule has 0 bridgehead atoms. The van der Waals surface area contributed by atoms with Gasteiger partial charge in [0.2, 0.25) is 0 Å². The third-order valence-electron chi connectivity index (χ3n) is 7.89. The Kier molecular flexibility index (Phi) is 6.63. The lowest BCUT2D eigenvalue weighted by Crippen LogP contribution is -2.29. The van der Waals surface area contributed by atoms with E-state index in [-0.39, 0.29) is 17.7 Å². The number of fused-ring (bicyclic) bond motifs is 4. The van der Waals surface area contributed by atoms with E-state index in [1.165, 1.54) is 27.5 Å². The number of hydrogen-bond acceptors (Lipinski definition) is 4. The molecule has 4 aromatic rings. The highest BCUT2D eigenvalue weighted by molar-refractivity contribution is 6.13. The second-order valence-electron chi connectivity index (χ2n) is 10.3. The molecule has 1 aliphatic heterocycles. The second kappa shape index (κ2) is 10.4. The number of carbonyl (C=O) groups is 1. The summed E-state index contributed by atoms with van der Waals surface area (Å²) in [6.07, 6.45) is 3.49. The minimum atomic E-state index is -0.188. The van der Waals surface area contributed by atoms with E-state index in [1.807, 2.05) is 24.3 Å². The fraction of sp³-hybridized carbons (Fsp3) is 0.265. The fourth-order valence-electron chi connectivity index (χ4n) is 5.90. The summed E-state index contributed by atoms with van der Waals surface area (Å²) in [6.45, 7) is 2.90. The van der Waals surface area contributed by atoms with Gasteiger partial charge in [-0.05, 0) is 76.6 Å². The monoisotopic (exact) mass is 503 g/mol. The molecule has 2 atom stereocenters. The molecule has 4 heteroatoms. The van der Waals surface area contributed by atoms with Crippen LogP contribution in [0, 0.1) is 0 Å². The lowest BCUT2D eigenvalue weighted by molar-refractivity contribution is -0.116. The number of nitrogens with one attached hydrogen (secondary N) is 1. The van der Waals surface area contributed by atoms with Crippen LogP contribution in [-0.2, 0) is 4.79 Å². The normalized spacial score (nSPS) is 18.5. The first kappa shape index (κ1) is 24.3. The molecule has 0 fully saturated rings. The molecule has 0 unspecified atom stereocenters. The van der Waals surface area contributed by atoms with E-state index in [1.54, 1.807) is 7.11 Å². The van der Waals surface area contributed by atoms with Crippen molar-refractivity contribution in [2.45, 2.75) is 44.6 Å². The molecule has 6 rings (SSSR count). The molecule has 1 heterocycles. The molecule has 1 aliphatic carbocycles. The molecule has 4 aromatic carbocycles. The zero-order valence-electron chi connectivity index (χ0n) is 22.0. The van der Waals surface area contributed by atoms with E-state index >= 15 is 0 Å². The van der Waals surface area contributed by atoms with Gasteiger partial charge in [-0.2, -0.15) is 0 Å². The molecule has 0 radical (unpaired) electrons. The van der Waals surface area contributed by atoms with Crippen LogP contribution in [0.5, 0.6) is 11.5 Å². The molecule has 0 spiro atoms. The van der Waals surface area contributed by atoms with Crippen molar-refractivity contribution in [3.8, 4) is 11.5 Å². The maximum absolute atomic E-state index is 14.0. The zero-order chi connectivity index (χ0) is 26.1. The minimum Gasteiger partial charge on any atom is -0.497 e. The molecular weight excluding hydrogens is 470 g/mol. The average Bonchev–Trinajstić information content (AvgIpc) is 2.97. The Morgan fingerprint density at radius 1 is 0.842 bits per heavy atom. The molecular formula is C34H33NO3. The largest absolute Gasteiger partial charge is 0.497 e. The molecule has 2 aliphatic rings. The van der Waals surface area contributed by atoms with Gasteiger partial charge in [0.25, 0.3) is 0 Å². The van der Waals surface area contributed by atoms with Gasteiger partial charge >= 0.3 is 0 Å². The minimum absolute atomic E-state index is 0.132. The first-order chi connectivity index (χ1) is 18.7. The van der Waals surface area contributed by atoms with Crippen molar-refractivity contribution in [1.29, 1.82) is 0 Å². The van der Waals surface area contributed by atoms with E-state index in [2.05, 4.69) is 72.9 Å². The van der Waals surface area contributed by atoms with Crippen LogP contribution in [0.3, 0.4) is 0 Å². The summed E-state index contributed by atoms with van der Waals surface area (Å²) in [5.74, 6) is 2.04. The molecule has 38 heavy (non-hydrogen) atoms. The van der Waals surface area contributed by atoms with Crippen molar-refractivity contribution in [2.24, 2.45) is 0 Å². The lowest BCUT2D eigenvalue weighted by Gasteiger charge is -2.37. The summed E-state index contributed by atoms with van der Waals surface area (Å²) in [6, 6.07) is 29.0. The van der Waals surface area contributed by atoms with Gasteiger partial charge in [0.15, 0.2) is 5.78 Å². The number of rotatable bonds is 7. The van der Waals surface area contributed by atoms with Gasteiger partial charge in [-0.15, -0.1) is 0 Å². The van der Waals surface area contributed by atoms with Crippen LogP contribution in [0.25, 0.3) is 16.3 Å². The van der Waals surface area contributed by atoms with Crippen LogP contribution in [0.1, 0.15) is 61.3 Å². The Balaban J connectivity index is 1.42. The highest BCUT2D eigenvalue weighted by Gasteiger charge is 2.38. The van der Waals surface area contributed by atoms with E-state index < -0.39 is 0 Å². The van der Waals surface area contributed by atoms with Crippen LogP contribution in [0.15, 0.2) is 90.5 Å². The summed E-state index contributed by atoms with van der Waals surface area (Å²) in [4.78, 5) is 14.0. The van der Waals surface area contributed by atoms with Crippen molar-refractivity contribution < 1.29 is 14.3 Å². The molecule has 1 N–H and O–H groups in total. The zero-order valence-corrected chi connectivity index (χ0v) is 22.0. The molecule has 0 amide bonds. The van der Waals surface area contributed by atoms with Crippen LogP contribution in [0.2, 0.25) is 0 Å². The summed E-state index contributed by atoms with van der Waals surface area (Å²) in [5.41, 5.74) is 6.57. The van der Waals surface area contributed by atoms with Gasteiger partial charge in [-0.3, -0.25) is 4.79 Å². The van der Waals surface area contributed by atoms with Gasteiger partial charge in [0.05, 0.1) is 19.8 Å². The van der Waals surface area contributed by atoms with E-state index in [9.17, 15) is 4.79 Å². The van der Waals surface area contributed by atoms with Gasteiger partial charge in [-0.1, -0.05) is 67.9 Å². The van der Waals surface area contributed by atoms with Gasteiger partial charge in [0.1, 0.15) is 11.5 Å². The van der Waals surface area contributed by atoms with E-state index in [4.69, 9.17) is 9.47 Å². The molecule has 192 valence electrons. The maximum Gasteiger partial charge on any atom is 0.162 e. The van der Waals surface area contributed by atoms with Crippen molar-refractivity contribution in [1.82, 2.24) is 0 Å². The third-order valence-corrected chi connectivity index (χ3v) is 7.89. The van der Waals surface area contributed by atoms with Crippen LogP contribution >= 0.6 is 0 Å². The van der Waals surface area contributed by atoms with Crippen LogP contribution in [-0.4, -0.2) is 19.5 Å². The SMILES string of the molecule is CCCCOc1ccc([C@H]2CC(=O)C3=C(C2)c2c(ccc4ccccc24)N[C@H]3c2ccc(OC)cc2)cc1. The van der Waals surface area contributed by atoms with Gasteiger partial charge in [-0.25, -0.2) is 0 Å². The number of ketones is 1. The number of hydrogen-bond donors (Lipinski definition) is 1. The molecule has 0 saturated carbocycles. The number of benzene rings is 4. The Morgan fingerprint density at radius 3 is 2.34 bits per heavy atom. The standard InChI is InChI=1S/C34H33NO3/c1-3-4-19-38-27-16-9-22(10-17-27)25-20-29-32-28-8-6-5-7-23(28)13-18-30(32)35-34(33(29)31(36)21-25)24-11-14-26(37-2)15-12-24/h5-18,25,34-35H,3-4,19-21H2,1-2H3/t25-,34+/m1/s1. The van der Waals surface area contributed by atoms with Crippen molar-refractivity contribution in [3.05, 3.63) is 107 Å². The maximum atomic E-state index is 14.0. The van der Waals surface area contributed by atoms with Crippen LogP contribution in [0.4, 0.5) is 5.69 Å². The van der Waals surface area contributed by atoms with Gasteiger partial charge < -0.3 is 14.8 Å². The Morgan fingerprint density at radius 2 is 1.58 bits per heavy atom. The summed E-state index contributed by atoms with van der Waals surface area (Å²) >= 11 is 0.